The van der Waals surface area contributed by atoms with Gasteiger partial charge in [0.15, 0.2) is 0 Å². The van der Waals surface area contributed by atoms with E-state index in [4.69, 9.17) is 0 Å². The second-order valence-electron chi connectivity index (χ2n) is 4.64. The van der Waals surface area contributed by atoms with Gasteiger partial charge in [0, 0.05) is 5.25 Å². The molecule has 1 aliphatic carbocycles. The Morgan fingerprint density at radius 2 is 1.74 bits per heavy atom. The maximum absolute atomic E-state index is 12.9. The number of anilines is 1. The largest absolute Gasteiger partial charge is 0.315 e. The van der Waals surface area contributed by atoms with E-state index in [9.17, 15) is 4.57 Å². The summed E-state index contributed by atoms with van der Waals surface area (Å²) >= 11 is 1.71. The highest BCUT2D eigenvalue weighted by molar-refractivity contribution is 8.07. The summed E-state index contributed by atoms with van der Waals surface area (Å²) in [5, 5.41) is 6.47. The van der Waals surface area contributed by atoms with Crippen LogP contribution in [0.25, 0.3) is 0 Å². The molecule has 6 heteroatoms. The molecule has 19 heavy (non-hydrogen) atoms. The Morgan fingerprint density at radius 3 is 2.26 bits per heavy atom. The third-order valence-electron chi connectivity index (χ3n) is 3.39. The summed E-state index contributed by atoms with van der Waals surface area (Å²) in [7, 11) is 0.708. The van der Waals surface area contributed by atoms with Gasteiger partial charge in [0.2, 0.25) is 0 Å². The van der Waals surface area contributed by atoms with Crippen molar-refractivity contribution in [3.63, 3.8) is 0 Å². The molecule has 0 unspecified atom stereocenters. The van der Waals surface area contributed by atoms with Crippen molar-refractivity contribution in [2.45, 2.75) is 30.9 Å². The number of nitrogens with one attached hydrogen (secondary N) is 2. The van der Waals surface area contributed by atoms with Crippen molar-refractivity contribution in [3.8, 4) is 0 Å². The van der Waals surface area contributed by atoms with Crippen molar-refractivity contribution < 1.29 is 4.57 Å². The fourth-order valence-electron chi connectivity index (χ4n) is 2.27. The quantitative estimate of drug-likeness (QED) is 0.620. The van der Waals surface area contributed by atoms with Gasteiger partial charge in [0.25, 0.3) is 0 Å². The maximum Gasteiger partial charge on any atom is 0.315 e. The molecule has 0 atom stereocenters. The Kier molecular flexibility index (Phi) is 5.34. The lowest BCUT2D eigenvalue weighted by atomic mass is 10.3. The first kappa shape index (κ1) is 14.9. The number of hydrogen-bond acceptors (Lipinski definition) is 2. The minimum absolute atomic E-state index is 0.565. The summed E-state index contributed by atoms with van der Waals surface area (Å²) in [4.78, 5) is 0. The molecule has 2 rings (SSSR count). The molecule has 106 valence electrons. The van der Waals surface area contributed by atoms with Crippen molar-refractivity contribution in [2.75, 3.05) is 18.2 Å². The molecule has 0 spiro atoms. The Balaban J connectivity index is 2.24. The van der Waals surface area contributed by atoms with Crippen LogP contribution in [0.5, 0.6) is 0 Å². The van der Waals surface area contributed by atoms with Crippen LogP contribution in [0.2, 0.25) is 0 Å². The second kappa shape index (κ2) is 6.80. The summed E-state index contributed by atoms with van der Waals surface area (Å²) < 4.78 is 14.9. The molecule has 0 bridgehead atoms. The fraction of sp³-hybridized carbons (Fsp3) is 0.538. The number of rotatable bonds is 6. The minimum Gasteiger partial charge on any atom is -0.263 e. The van der Waals surface area contributed by atoms with Crippen molar-refractivity contribution >= 4 is 25.2 Å². The van der Waals surface area contributed by atoms with Gasteiger partial charge in [-0.2, -0.15) is 0 Å². The van der Waals surface area contributed by atoms with Crippen LogP contribution in [0.1, 0.15) is 25.7 Å². The Bertz CT molecular complexity index is 429. The lowest BCUT2D eigenvalue weighted by molar-refractivity contribution is 0.564. The second-order valence-corrected chi connectivity index (χ2v) is 8.60. The van der Waals surface area contributed by atoms with Gasteiger partial charge in [-0.1, -0.05) is 31.0 Å². The van der Waals surface area contributed by atoms with Crippen molar-refractivity contribution in [3.05, 3.63) is 30.3 Å². The van der Waals surface area contributed by atoms with E-state index >= 15 is 0 Å². The van der Waals surface area contributed by atoms with E-state index in [2.05, 4.69) is 10.2 Å². The van der Waals surface area contributed by atoms with Gasteiger partial charge in [0.1, 0.15) is 0 Å². The Labute approximate surface area is 120 Å². The molecular weight excluding hydrogens is 277 g/mol. The van der Waals surface area contributed by atoms with Crippen LogP contribution in [0.4, 0.5) is 5.69 Å². The van der Waals surface area contributed by atoms with Crippen molar-refractivity contribution in [1.82, 2.24) is 10.2 Å². The monoisotopic (exact) mass is 299 g/mol. The number of benzene rings is 1. The van der Waals surface area contributed by atoms with Crippen LogP contribution >= 0.6 is 19.5 Å². The average molecular weight is 299 g/mol. The minimum atomic E-state index is -2.77. The van der Waals surface area contributed by atoms with Crippen LogP contribution in [-0.2, 0) is 4.57 Å². The topological polar surface area (TPSA) is 44.4 Å². The van der Waals surface area contributed by atoms with E-state index in [0.717, 1.165) is 5.69 Å². The van der Waals surface area contributed by atoms with Crippen LogP contribution in [0, 0.1) is 0 Å². The first-order valence-corrected chi connectivity index (χ1v) is 9.19. The molecular formula is C13H22N3OPS. The highest BCUT2D eigenvalue weighted by atomic mass is 32.2. The molecule has 0 amide bonds. The number of para-hydroxylation sites is 1. The number of nitrogens with zero attached hydrogens (tertiary/aromatic N) is 1. The smallest absolute Gasteiger partial charge is 0.263 e. The van der Waals surface area contributed by atoms with Crippen molar-refractivity contribution in [1.29, 1.82) is 0 Å². The third kappa shape index (κ3) is 3.54. The molecule has 0 radical (unpaired) electrons. The molecule has 1 aliphatic rings. The first-order chi connectivity index (χ1) is 9.19. The van der Waals surface area contributed by atoms with Crippen LogP contribution in [0.3, 0.4) is 0 Å². The predicted molar refractivity (Wildman–Crippen MR) is 84.5 cm³/mol. The van der Waals surface area contributed by atoms with Gasteiger partial charge in [-0.25, -0.2) is 14.3 Å². The van der Waals surface area contributed by atoms with Gasteiger partial charge in [-0.15, -0.1) is 0 Å². The lowest BCUT2D eigenvalue weighted by Crippen LogP contribution is -2.29. The molecule has 0 saturated heterocycles. The third-order valence-corrected chi connectivity index (χ3v) is 7.50. The zero-order valence-electron chi connectivity index (χ0n) is 11.5. The molecule has 0 aliphatic heterocycles. The van der Waals surface area contributed by atoms with E-state index in [0.29, 0.717) is 5.25 Å². The first-order valence-electron chi connectivity index (χ1n) is 6.70. The van der Waals surface area contributed by atoms with Crippen LogP contribution in [0.15, 0.2) is 30.3 Å². The standard InChI is InChI=1S/C13H22N3OPS/c1-14-18(17,15-2)16(12-8-4-3-5-9-12)19-13-10-6-7-11-13/h3-5,8-9,13H,6-7,10-11H2,1-2H3,(H2,14,15,17). The van der Waals surface area contributed by atoms with Gasteiger partial charge in [-0.3, -0.25) is 4.57 Å². The lowest BCUT2D eigenvalue weighted by Gasteiger charge is -2.32. The normalized spacial score (nSPS) is 16.7. The van der Waals surface area contributed by atoms with Gasteiger partial charge in [-0.05, 0) is 51.0 Å². The molecule has 1 aromatic carbocycles. The summed E-state index contributed by atoms with van der Waals surface area (Å²) in [5.41, 5.74) is 0.978. The summed E-state index contributed by atoms with van der Waals surface area (Å²) in [6.07, 6.45) is 4.98. The molecule has 0 aromatic heterocycles. The fourth-order valence-corrected chi connectivity index (χ4v) is 5.81. The van der Waals surface area contributed by atoms with Gasteiger partial charge >= 0.3 is 7.59 Å². The molecule has 1 fully saturated rings. The van der Waals surface area contributed by atoms with E-state index < -0.39 is 7.59 Å². The Morgan fingerprint density at radius 1 is 1.16 bits per heavy atom. The van der Waals surface area contributed by atoms with E-state index in [1.807, 2.05) is 34.4 Å². The zero-order chi connectivity index (χ0) is 13.7. The SMILES string of the molecule is CNP(=O)(NC)N(SC1CCCC1)c1ccccc1. The van der Waals surface area contributed by atoms with Crippen LogP contribution in [-0.4, -0.2) is 19.3 Å². The zero-order valence-corrected chi connectivity index (χ0v) is 13.2. The summed E-state index contributed by atoms with van der Waals surface area (Å²) in [6, 6.07) is 9.94. The summed E-state index contributed by atoms with van der Waals surface area (Å²) in [6.45, 7) is 0. The van der Waals surface area contributed by atoms with E-state index in [-0.39, 0.29) is 0 Å². The van der Waals surface area contributed by atoms with Crippen molar-refractivity contribution in [2.24, 2.45) is 0 Å². The highest BCUT2D eigenvalue weighted by Crippen LogP contribution is 2.51. The summed E-state index contributed by atoms with van der Waals surface area (Å²) in [5.74, 6) is 0. The predicted octanol–water partition coefficient (Wildman–Crippen LogP) is 3.63. The van der Waals surface area contributed by atoms with Gasteiger partial charge < -0.3 is 0 Å². The Hall–Kier alpha value is -0.480. The molecule has 1 saturated carbocycles. The molecule has 4 nitrogen and oxygen atoms in total. The molecule has 0 heterocycles. The van der Waals surface area contributed by atoms with E-state index in [1.165, 1.54) is 25.7 Å². The molecule has 2 N–H and O–H groups in total. The van der Waals surface area contributed by atoms with Crippen LogP contribution < -0.4 is 14.3 Å². The van der Waals surface area contributed by atoms with Gasteiger partial charge in [0.05, 0.1) is 5.69 Å². The highest BCUT2D eigenvalue weighted by Gasteiger charge is 2.31. The molecule has 1 aromatic rings. The maximum atomic E-state index is 12.9. The van der Waals surface area contributed by atoms with E-state index in [1.54, 1.807) is 26.0 Å². The average Bonchev–Trinajstić information content (AvgIpc) is 2.98. The number of hydrogen-bond donors (Lipinski definition) is 2.